The molecule has 130 valence electrons. The molecular weight excluding hydrogens is 325 g/mol. The molecule has 0 aromatic heterocycles. The Hall–Kier alpha value is -0.0700. The number of ether oxygens (including phenoxy) is 1. The maximum absolute atomic E-state index is 12.4. The molecule has 7 heteroatoms. The van der Waals surface area contributed by atoms with E-state index in [4.69, 9.17) is 10.5 Å². The SMILES string of the molecule is Cl.Cl.N[C@@H]1CCC[C@H]1CC(=O)N1CCC(N2CCOCC2)C1. The number of carbonyl (C=O) groups excluding carboxylic acids is 1. The monoisotopic (exact) mass is 353 g/mol. The highest BCUT2D eigenvalue weighted by Crippen LogP contribution is 2.28. The first kappa shape index (κ1) is 20.0. The van der Waals surface area contributed by atoms with Gasteiger partial charge in [-0.05, 0) is 25.2 Å². The van der Waals surface area contributed by atoms with E-state index in [1.54, 1.807) is 0 Å². The number of nitrogens with zero attached hydrogens (tertiary/aromatic N) is 2. The molecule has 0 bridgehead atoms. The van der Waals surface area contributed by atoms with Crippen LogP contribution in [-0.4, -0.2) is 67.2 Å². The molecule has 2 N–H and O–H groups in total. The fourth-order valence-electron chi connectivity index (χ4n) is 3.88. The average molecular weight is 354 g/mol. The number of rotatable bonds is 3. The number of nitrogens with two attached hydrogens (primary N) is 1. The maximum Gasteiger partial charge on any atom is 0.222 e. The summed E-state index contributed by atoms with van der Waals surface area (Å²) in [5.41, 5.74) is 6.08. The van der Waals surface area contributed by atoms with Gasteiger partial charge in [0.25, 0.3) is 0 Å². The van der Waals surface area contributed by atoms with Crippen molar-refractivity contribution in [3.05, 3.63) is 0 Å². The maximum atomic E-state index is 12.4. The summed E-state index contributed by atoms with van der Waals surface area (Å²) in [7, 11) is 0. The van der Waals surface area contributed by atoms with Crippen molar-refractivity contribution >= 4 is 30.7 Å². The summed E-state index contributed by atoms with van der Waals surface area (Å²) < 4.78 is 5.40. The van der Waals surface area contributed by atoms with Crippen molar-refractivity contribution in [1.82, 2.24) is 9.80 Å². The minimum absolute atomic E-state index is 0. The van der Waals surface area contributed by atoms with Crippen molar-refractivity contribution < 1.29 is 9.53 Å². The molecule has 0 aromatic carbocycles. The van der Waals surface area contributed by atoms with Gasteiger partial charge in [0.05, 0.1) is 13.2 Å². The lowest BCUT2D eigenvalue weighted by molar-refractivity contribution is -0.131. The molecule has 3 fully saturated rings. The van der Waals surface area contributed by atoms with E-state index in [1.807, 2.05) is 0 Å². The molecule has 5 nitrogen and oxygen atoms in total. The van der Waals surface area contributed by atoms with Gasteiger partial charge in [-0.15, -0.1) is 24.8 Å². The molecule has 3 aliphatic rings. The summed E-state index contributed by atoms with van der Waals surface area (Å²) >= 11 is 0. The van der Waals surface area contributed by atoms with E-state index >= 15 is 0 Å². The zero-order chi connectivity index (χ0) is 13.9. The van der Waals surface area contributed by atoms with Gasteiger partial charge < -0.3 is 15.4 Å². The second-order valence-corrected chi connectivity index (χ2v) is 6.49. The largest absolute Gasteiger partial charge is 0.379 e. The van der Waals surface area contributed by atoms with Crippen molar-refractivity contribution in [2.24, 2.45) is 11.7 Å². The smallest absolute Gasteiger partial charge is 0.222 e. The first-order chi connectivity index (χ1) is 9.74. The molecule has 1 saturated carbocycles. The van der Waals surface area contributed by atoms with Crippen LogP contribution in [-0.2, 0) is 9.53 Å². The van der Waals surface area contributed by atoms with Gasteiger partial charge in [0.1, 0.15) is 0 Å². The highest BCUT2D eigenvalue weighted by atomic mass is 35.5. The van der Waals surface area contributed by atoms with E-state index in [1.165, 1.54) is 6.42 Å². The highest BCUT2D eigenvalue weighted by Gasteiger charge is 2.33. The normalized spacial score (nSPS) is 32.4. The Bertz CT molecular complexity index is 354. The van der Waals surface area contributed by atoms with Crippen LogP contribution < -0.4 is 5.73 Å². The van der Waals surface area contributed by atoms with Crippen LogP contribution in [0.4, 0.5) is 0 Å². The molecule has 0 radical (unpaired) electrons. The predicted octanol–water partition coefficient (Wildman–Crippen LogP) is 1.28. The molecule has 0 spiro atoms. The second kappa shape index (κ2) is 9.28. The zero-order valence-electron chi connectivity index (χ0n) is 13.1. The van der Waals surface area contributed by atoms with E-state index in [0.717, 1.165) is 58.7 Å². The lowest BCUT2D eigenvalue weighted by Crippen LogP contribution is -2.45. The molecule has 2 saturated heterocycles. The average Bonchev–Trinajstić information content (AvgIpc) is 3.10. The quantitative estimate of drug-likeness (QED) is 0.830. The first-order valence-corrected chi connectivity index (χ1v) is 8.09. The van der Waals surface area contributed by atoms with E-state index in [-0.39, 0.29) is 30.9 Å². The van der Waals surface area contributed by atoms with Crippen molar-refractivity contribution in [2.45, 2.75) is 44.2 Å². The fraction of sp³-hybridized carbons (Fsp3) is 0.933. The Balaban J connectivity index is 0.00000121. The van der Waals surface area contributed by atoms with Crippen LogP contribution >= 0.6 is 24.8 Å². The van der Waals surface area contributed by atoms with Gasteiger partial charge in [-0.2, -0.15) is 0 Å². The Kier molecular flexibility index (Phi) is 8.43. The van der Waals surface area contributed by atoms with Crippen LogP contribution in [0.2, 0.25) is 0 Å². The Morgan fingerprint density at radius 3 is 2.45 bits per heavy atom. The number of morpholine rings is 1. The number of halogens is 2. The number of amides is 1. The van der Waals surface area contributed by atoms with E-state index < -0.39 is 0 Å². The molecule has 3 rings (SSSR count). The minimum atomic E-state index is 0. The lowest BCUT2D eigenvalue weighted by atomic mass is 9.99. The third-order valence-corrected chi connectivity index (χ3v) is 5.23. The first-order valence-electron chi connectivity index (χ1n) is 8.09. The molecule has 0 aromatic rings. The standard InChI is InChI=1S/C15H27N3O2.2ClH/c16-14-3-1-2-12(14)10-15(19)18-5-4-13(11-18)17-6-8-20-9-7-17;;/h12-14H,1-11,16H2;2*1H/t12-,13?,14+;;/m0../s1. The van der Waals surface area contributed by atoms with Crippen molar-refractivity contribution in [3.63, 3.8) is 0 Å². The van der Waals surface area contributed by atoms with E-state index in [9.17, 15) is 4.79 Å². The van der Waals surface area contributed by atoms with Gasteiger partial charge in [-0.25, -0.2) is 0 Å². The topological polar surface area (TPSA) is 58.8 Å². The Morgan fingerprint density at radius 2 is 1.82 bits per heavy atom. The van der Waals surface area contributed by atoms with Gasteiger partial charge >= 0.3 is 0 Å². The number of likely N-dealkylation sites (tertiary alicyclic amines) is 1. The van der Waals surface area contributed by atoms with Gasteiger partial charge in [-0.3, -0.25) is 9.69 Å². The third kappa shape index (κ3) is 4.71. The highest BCUT2D eigenvalue weighted by molar-refractivity contribution is 5.85. The fourth-order valence-corrected chi connectivity index (χ4v) is 3.88. The van der Waals surface area contributed by atoms with Gasteiger partial charge in [-0.1, -0.05) is 6.42 Å². The number of carbonyl (C=O) groups is 1. The molecule has 2 aliphatic heterocycles. The lowest BCUT2D eigenvalue weighted by Gasteiger charge is -2.32. The van der Waals surface area contributed by atoms with Crippen LogP contribution in [0.3, 0.4) is 0 Å². The molecular formula is C15H29Cl2N3O2. The van der Waals surface area contributed by atoms with Gasteiger partial charge in [0, 0.05) is 44.7 Å². The summed E-state index contributed by atoms with van der Waals surface area (Å²) in [6.07, 6.45) is 5.19. The number of hydrogen-bond donors (Lipinski definition) is 1. The Morgan fingerprint density at radius 1 is 1.09 bits per heavy atom. The van der Waals surface area contributed by atoms with Crippen LogP contribution in [0, 0.1) is 5.92 Å². The van der Waals surface area contributed by atoms with E-state index in [2.05, 4.69) is 9.80 Å². The molecule has 1 unspecified atom stereocenters. The molecule has 2 heterocycles. The molecule has 3 atom stereocenters. The van der Waals surface area contributed by atoms with E-state index in [0.29, 0.717) is 24.3 Å². The predicted molar refractivity (Wildman–Crippen MR) is 91.8 cm³/mol. The zero-order valence-corrected chi connectivity index (χ0v) is 14.7. The van der Waals surface area contributed by atoms with Crippen molar-refractivity contribution in [2.75, 3.05) is 39.4 Å². The summed E-state index contributed by atoms with van der Waals surface area (Å²) in [6.45, 7) is 5.52. The molecule has 22 heavy (non-hydrogen) atoms. The van der Waals surface area contributed by atoms with Crippen LogP contribution in [0.1, 0.15) is 32.1 Å². The summed E-state index contributed by atoms with van der Waals surface area (Å²) in [5.74, 6) is 0.744. The van der Waals surface area contributed by atoms with Crippen molar-refractivity contribution in [1.29, 1.82) is 0 Å². The summed E-state index contributed by atoms with van der Waals surface area (Å²) in [4.78, 5) is 16.9. The van der Waals surface area contributed by atoms with Gasteiger partial charge in [0.15, 0.2) is 0 Å². The minimum Gasteiger partial charge on any atom is -0.379 e. The second-order valence-electron chi connectivity index (χ2n) is 6.49. The van der Waals surface area contributed by atoms with Crippen LogP contribution in [0.5, 0.6) is 0 Å². The Labute approximate surface area is 145 Å². The van der Waals surface area contributed by atoms with Crippen LogP contribution in [0.25, 0.3) is 0 Å². The third-order valence-electron chi connectivity index (χ3n) is 5.23. The molecule has 1 amide bonds. The van der Waals surface area contributed by atoms with Crippen molar-refractivity contribution in [3.8, 4) is 0 Å². The van der Waals surface area contributed by atoms with Gasteiger partial charge in [0.2, 0.25) is 5.91 Å². The molecule has 1 aliphatic carbocycles. The van der Waals surface area contributed by atoms with Crippen LogP contribution in [0.15, 0.2) is 0 Å². The number of hydrogen-bond acceptors (Lipinski definition) is 4. The summed E-state index contributed by atoms with van der Waals surface area (Å²) in [5, 5.41) is 0. The summed E-state index contributed by atoms with van der Waals surface area (Å²) in [6, 6.07) is 0.789.